The molecule has 116 valence electrons. The highest BCUT2D eigenvalue weighted by atomic mass is 16.5. The zero-order valence-corrected chi connectivity index (χ0v) is 13.3. The Morgan fingerprint density at radius 1 is 1.33 bits per heavy atom. The van der Waals surface area contributed by atoms with Gasteiger partial charge in [-0.3, -0.25) is 4.79 Å². The number of hydrogen-bond acceptors (Lipinski definition) is 3. The van der Waals surface area contributed by atoms with Crippen LogP contribution in [0.5, 0.6) is 5.75 Å². The molecule has 2 rings (SSSR count). The summed E-state index contributed by atoms with van der Waals surface area (Å²) in [4.78, 5) is 14.1. The van der Waals surface area contributed by atoms with E-state index in [0.717, 1.165) is 37.2 Å². The molecule has 1 fully saturated rings. The van der Waals surface area contributed by atoms with Crippen LogP contribution in [0.4, 0.5) is 0 Å². The lowest BCUT2D eigenvalue weighted by Gasteiger charge is -2.31. The van der Waals surface area contributed by atoms with Gasteiger partial charge in [0.25, 0.3) is 0 Å². The van der Waals surface area contributed by atoms with E-state index in [4.69, 9.17) is 4.74 Å². The lowest BCUT2D eigenvalue weighted by molar-refractivity contribution is -0.132. The Hall–Kier alpha value is -1.55. The summed E-state index contributed by atoms with van der Waals surface area (Å²) in [6.07, 6.45) is 2.54. The largest absolute Gasteiger partial charge is 0.493 e. The predicted molar refractivity (Wildman–Crippen MR) is 84.7 cm³/mol. The summed E-state index contributed by atoms with van der Waals surface area (Å²) in [7, 11) is 1.99. The summed E-state index contributed by atoms with van der Waals surface area (Å²) >= 11 is 0. The van der Waals surface area contributed by atoms with E-state index < -0.39 is 0 Å². The fourth-order valence-corrected chi connectivity index (χ4v) is 2.70. The minimum absolute atomic E-state index is 0.204. The molecule has 1 aliphatic heterocycles. The molecule has 0 spiro atoms. The summed E-state index contributed by atoms with van der Waals surface area (Å²) in [5, 5.41) is 3.28. The molecule has 1 amide bonds. The maximum atomic E-state index is 12.2. The first-order valence-electron chi connectivity index (χ1n) is 7.76. The van der Waals surface area contributed by atoms with Crippen molar-refractivity contribution in [1.29, 1.82) is 0 Å². The summed E-state index contributed by atoms with van der Waals surface area (Å²) in [5.41, 5.74) is 2.37. The van der Waals surface area contributed by atoms with Crippen LogP contribution in [0.25, 0.3) is 0 Å². The molecule has 1 heterocycles. The number of hydrogen-bond donors (Lipinski definition) is 1. The van der Waals surface area contributed by atoms with Gasteiger partial charge in [0.2, 0.25) is 5.91 Å². The second-order valence-electron chi connectivity index (χ2n) is 5.74. The Labute approximate surface area is 127 Å². The van der Waals surface area contributed by atoms with E-state index in [1.807, 2.05) is 24.1 Å². The van der Waals surface area contributed by atoms with E-state index in [1.54, 1.807) is 0 Å². The van der Waals surface area contributed by atoms with Crippen molar-refractivity contribution in [1.82, 2.24) is 10.2 Å². The highest BCUT2D eigenvalue weighted by molar-refractivity contribution is 5.76. The van der Waals surface area contributed by atoms with Gasteiger partial charge < -0.3 is 15.0 Å². The van der Waals surface area contributed by atoms with Crippen molar-refractivity contribution in [3.05, 3.63) is 29.3 Å². The third kappa shape index (κ3) is 4.21. The van der Waals surface area contributed by atoms with E-state index in [-0.39, 0.29) is 5.91 Å². The first-order valence-corrected chi connectivity index (χ1v) is 7.76. The van der Waals surface area contributed by atoms with Crippen LogP contribution in [0, 0.1) is 13.8 Å². The van der Waals surface area contributed by atoms with Gasteiger partial charge in [-0.15, -0.1) is 0 Å². The maximum Gasteiger partial charge on any atom is 0.225 e. The number of benzene rings is 1. The Kier molecular flexibility index (Phi) is 5.62. The molecule has 1 N–H and O–H groups in total. The second-order valence-corrected chi connectivity index (χ2v) is 5.74. The van der Waals surface area contributed by atoms with Crippen LogP contribution in [-0.4, -0.2) is 43.6 Å². The van der Waals surface area contributed by atoms with Crippen LogP contribution in [0.3, 0.4) is 0 Å². The molecule has 0 saturated carbocycles. The SMILES string of the molecule is CNC1CCN(C(=O)CCOc2cccc(C)c2C)CC1. The minimum Gasteiger partial charge on any atom is -0.493 e. The first kappa shape index (κ1) is 15.8. The fourth-order valence-electron chi connectivity index (χ4n) is 2.70. The van der Waals surface area contributed by atoms with Gasteiger partial charge in [-0.25, -0.2) is 0 Å². The lowest BCUT2D eigenvalue weighted by Crippen LogP contribution is -2.44. The molecule has 1 saturated heterocycles. The first-order chi connectivity index (χ1) is 10.1. The van der Waals surface area contributed by atoms with Crippen LogP contribution in [0.15, 0.2) is 18.2 Å². The molecule has 1 aromatic rings. The number of nitrogens with zero attached hydrogens (tertiary/aromatic N) is 1. The van der Waals surface area contributed by atoms with Crippen molar-refractivity contribution in [2.24, 2.45) is 0 Å². The number of ether oxygens (including phenoxy) is 1. The number of carbonyl (C=O) groups excluding carboxylic acids is 1. The Morgan fingerprint density at radius 2 is 2.05 bits per heavy atom. The Bertz CT molecular complexity index is 480. The molecule has 4 heteroatoms. The Balaban J connectivity index is 1.76. The molecule has 4 nitrogen and oxygen atoms in total. The van der Waals surface area contributed by atoms with Crippen LogP contribution in [0.1, 0.15) is 30.4 Å². The third-order valence-corrected chi connectivity index (χ3v) is 4.38. The molecule has 0 radical (unpaired) electrons. The van der Waals surface area contributed by atoms with Gasteiger partial charge in [-0.1, -0.05) is 12.1 Å². The molecule has 0 aromatic heterocycles. The number of rotatable bonds is 5. The van der Waals surface area contributed by atoms with E-state index >= 15 is 0 Å². The lowest BCUT2D eigenvalue weighted by atomic mass is 10.1. The molecule has 1 aliphatic rings. The summed E-state index contributed by atoms with van der Waals surface area (Å²) in [5.74, 6) is 1.09. The van der Waals surface area contributed by atoms with Gasteiger partial charge >= 0.3 is 0 Å². The molecule has 1 aromatic carbocycles. The van der Waals surface area contributed by atoms with Crippen molar-refractivity contribution in [2.75, 3.05) is 26.7 Å². The number of aryl methyl sites for hydroxylation is 1. The topological polar surface area (TPSA) is 41.6 Å². The predicted octanol–water partition coefficient (Wildman–Crippen LogP) is 2.28. The van der Waals surface area contributed by atoms with Crippen LogP contribution in [0.2, 0.25) is 0 Å². The van der Waals surface area contributed by atoms with Crippen molar-refractivity contribution in [3.8, 4) is 5.75 Å². The highest BCUT2D eigenvalue weighted by Gasteiger charge is 2.21. The second kappa shape index (κ2) is 7.46. The molecular weight excluding hydrogens is 264 g/mol. The third-order valence-electron chi connectivity index (χ3n) is 4.38. The van der Waals surface area contributed by atoms with Gasteiger partial charge in [-0.2, -0.15) is 0 Å². The number of amides is 1. The average Bonchev–Trinajstić information content (AvgIpc) is 2.51. The van der Waals surface area contributed by atoms with Crippen LogP contribution < -0.4 is 10.1 Å². The van der Waals surface area contributed by atoms with Gasteiger partial charge in [-0.05, 0) is 50.9 Å². The maximum absolute atomic E-state index is 12.2. The molecule has 0 unspecified atom stereocenters. The summed E-state index contributed by atoms with van der Waals surface area (Å²) < 4.78 is 5.76. The number of piperidine rings is 1. The standard InChI is InChI=1S/C17H26N2O2/c1-13-5-4-6-16(14(13)2)21-12-9-17(20)19-10-7-15(18-3)8-11-19/h4-6,15,18H,7-12H2,1-3H3. The highest BCUT2D eigenvalue weighted by Crippen LogP contribution is 2.20. The molecule has 0 aliphatic carbocycles. The van der Waals surface area contributed by atoms with Crippen LogP contribution in [-0.2, 0) is 4.79 Å². The van der Waals surface area contributed by atoms with Gasteiger partial charge in [0.05, 0.1) is 13.0 Å². The van der Waals surface area contributed by atoms with Crippen LogP contribution >= 0.6 is 0 Å². The molecule has 0 atom stereocenters. The van der Waals surface area contributed by atoms with Crippen molar-refractivity contribution in [2.45, 2.75) is 39.2 Å². The fraction of sp³-hybridized carbons (Fsp3) is 0.588. The molecular formula is C17H26N2O2. The van der Waals surface area contributed by atoms with Gasteiger partial charge in [0.1, 0.15) is 5.75 Å². The van der Waals surface area contributed by atoms with Crippen molar-refractivity contribution >= 4 is 5.91 Å². The number of nitrogens with one attached hydrogen (secondary N) is 1. The van der Waals surface area contributed by atoms with Crippen molar-refractivity contribution < 1.29 is 9.53 Å². The van der Waals surface area contributed by atoms with E-state index in [1.165, 1.54) is 5.56 Å². The van der Waals surface area contributed by atoms with E-state index in [2.05, 4.69) is 25.2 Å². The van der Waals surface area contributed by atoms with Gasteiger partial charge in [0.15, 0.2) is 0 Å². The average molecular weight is 290 g/mol. The quantitative estimate of drug-likeness (QED) is 0.904. The van der Waals surface area contributed by atoms with E-state index in [0.29, 0.717) is 19.1 Å². The zero-order chi connectivity index (χ0) is 15.2. The van der Waals surface area contributed by atoms with Crippen molar-refractivity contribution in [3.63, 3.8) is 0 Å². The monoisotopic (exact) mass is 290 g/mol. The zero-order valence-electron chi connectivity index (χ0n) is 13.3. The number of carbonyl (C=O) groups is 1. The Morgan fingerprint density at radius 3 is 2.71 bits per heavy atom. The minimum atomic E-state index is 0.204. The summed E-state index contributed by atoms with van der Waals surface area (Å²) in [6.45, 7) is 6.28. The normalized spacial score (nSPS) is 16.0. The van der Waals surface area contributed by atoms with Gasteiger partial charge in [0, 0.05) is 19.1 Å². The van der Waals surface area contributed by atoms with E-state index in [9.17, 15) is 4.79 Å². The number of likely N-dealkylation sites (tertiary alicyclic amines) is 1. The molecule has 0 bridgehead atoms. The smallest absolute Gasteiger partial charge is 0.225 e. The summed E-state index contributed by atoms with van der Waals surface area (Å²) in [6, 6.07) is 6.58. The molecule has 21 heavy (non-hydrogen) atoms.